The highest BCUT2D eigenvalue weighted by Gasteiger charge is 2.32. The van der Waals surface area contributed by atoms with Crippen molar-refractivity contribution >= 4 is 11.6 Å². The molecule has 31 heavy (non-hydrogen) atoms. The van der Waals surface area contributed by atoms with E-state index in [-0.39, 0.29) is 17.4 Å². The highest BCUT2D eigenvalue weighted by molar-refractivity contribution is 5.82. The van der Waals surface area contributed by atoms with Crippen LogP contribution >= 0.6 is 0 Å². The highest BCUT2D eigenvalue weighted by Crippen LogP contribution is 2.27. The smallest absolute Gasteiger partial charge is 0.239 e. The molecule has 0 bridgehead atoms. The molecule has 1 saturated heterocycles. The molecule has 1 fully saturated rings. The third-order valence-electron chi connectivity index (χ3n) is 5.75. The molecular weight excluding hydrogens is 386 g/mol. The van der Waals surface area contributed by atoms with Crippen LogP contribution in [0.25, 0.3) is 0 Å². The van der Waals surface area contributed by atoms with Crippen LogP contribution in [-0.2, 0) is 4.79 Å². The Hall–Kier alpha value is -1.75. The van der Waals surface area contributed by atoms with Crippen LogP contribution < -0.4 is 15.4 Å². The molecule has 176 valence electrons. The van der Waals surface area contributed by atoms with Gasteiger partial charge < -0.3 is 20.3 Å². The number of carbonyl (C=O) groups is 1. The lowest BCUT2D eigenvalue weighted by molar-refractivity contribution is -0.131. The summed E-state index contributed by atoms with van der Waals surface area (Å²) in [5.74, 6) is 2.07. The number of carbonyl (C=O) groups excluding carboxylic acids is 1. The summed E-state index contributed by atoms with van der Waals surface area (Å²) < 4.78 is 5.95. The number of rotatable bonds is 10. The van der Waals surface area contributed by atoms with E-state index < -0.39 is 0 Å². The van der Waals surface area contributed by atoms with Crippen LogP contribution in [0.15, 0.2) is 24.3 Å². The van der Waals surface area contributed by atoms with Crippen molar-refractivity contribution in [1.29, 1.82) is 0 Å². The van der Waals surface area contributed by atoms with Crippen molar-refractivity contribution in [3.05, 3.63) is 24.3 Å². The molecule has 0 aliphatic carbocycles. The number of amides is 1. The van der Waals surface area contributed by atoms with E-state index in [9.17, 15) is 4.79 Å². The summed E-state index contributed by atoms with van der Waals surface area (Å²) in [6.45, 7) is 18.5. The predicted octanol–water partition coefficient (Wildman–Crippen LogP) is 4.94. The molecular formula is C26H45N3O2. The van der Waals surface area contributed by atoms with Crippen LogP contribution in [0.5, 0.6) is 5.75 Å². The lowest BCUT2D eigenvalue weighted by Gasteiger charge is -2.32. The summed E-state index contributed by atoms with van der Waals surface area (Å²) in [5.41, 5.74) is 7.53. The molecule has 2 rings (SSSR count). The van der Waals surface area contributed by atoms with Crippen LogP contribution in [0.4, 0.5) is 5.69 Å². The summed E-state index contributed by atoms with van der Waals surface area (Å²) in [5, 5.41) is 0. The van der Waals surface area contributed by atoms with E-state index in [0.717, 1.165) is 44.6 Å². The molecule has 1 aromatic carbocycles. The summed E-state index contributed by atoms with van der Waals surface area (Å²) >= 11 is 0. The van der Waals surface area contributed by atoms with Gasteiger partial charge in [0.05, 0.1) is 12.6 Å². The monoisotopic (exact) mass is 431 g/mol. The number of likely N-dealkylation sites (tertiary alicyclic amines) is 1. The fourth-order valence-corrected chi connectivity index (χ4v) is 3.99. The van der Waals surface area contributed by atoms with Gasteiger partial charge >= 0.3 is 0 Å². The van der Waals surface area contributed by atoms with Gasteiger partial charge in [0.1, 0.15) is 5.75 Å². The Morgan fingerprint density at radius 3 is 2.35 bits per heavy atom. The molecule has 1 unspecified atom stereocenters. The van der Waals surface area contributed by atoms with E-state index in [2.05, 4.69) is 77.6 Å². The molecule has 2 atom stereocenters. The Morgan fingerprint density at radius 1 is 1.16 bits per heavy atom. The van der Waals surface area contributed by atoms with Gasteiger partial charge in [-0.1, -0.05) is 48.5 Å². The second kappa shape index (κ2) is 11.2. The van der Waals surface area contributed by atoms with Crippen LogP contribution in [0.1, 0.15) is 67.7 Å². The van der Waals surface area contributed by atoms with Crippen molar-refractivity contribution in [2.45, 2.75) is 79.8 Å². The fourth-order valence-electron chi connectivity index (χ4n) is 3.99. The number of hydrogen-bond acceptors (Lipinski definition) is 4. The quantitative estimate of drug-likeness (QED) is 0.570. The Morgan fingerprint density at radius 2 is 1.81 bits per heavy atom. The van der Waals surface area contributed by atoms with Gasteiger partial charge in [0.25, 0.3) is 0 Å². The van der Waals surface area contributed by atoms with Gasteiger partial charge in [-0.15, -0.1) is 0 Å². The largest absolute Gasteiger partial charge is 0.493 e. The second-order valence-corrected chi connectivity index (χ2v) is 11.2. The Kier molecular flexibility index (Phi) is 9.23. The zero-order valence-corrected chi connectivity index (χ0v) is 20.9. The van der Waals surface area contributed by atoms with E-state index in [1.807, 2.05) is 4.90 Å². The number of benzene rings is 1. The van der Waals surface area contributed by atoms with Crippen molar-refractivity contribution < 1.29 is 9.53 Å². The summed E-state index contributed by atoms with van der Waals surface area (Å²) in [7, 11) is 0. The topological polar surface area (TPSA) is 58.8 Å². The summed E-state index contributed by atoms with van der Waals surface area (Å²) in [6.07, 6.45) is 2.85. The minimum Gasteiger partial charge on any atom is -0.493 e. The molecule has 5 nitrogen and oxygen atoms in total. The molecule has 1 aliphatic rings. The number of hydrogen-bond donors (Lipinski definition) is 1. The third kappa shape index (κ3) is 8.36. The molecule has 0 radical (unpaired) electrons. The standard InChI is InChI=1S/C26H45N3O2/c1-19(2)12-15-29(21-8-10-23(11-9-21)31-18-26(5,6)7)22-13-14-28(17-22)25(30)24(27)16-20(3)4/h8-11,19-20,22,24H,12-18,27H2,1-7H3/t22-,24?/m0/s1. The first-order valence-corrected chi connectivity index (χ1v) is 12.0. The van der Waals surface area contributed by atoms with E-state index in [4.69, 9.17) is 10.5 Å². The van der Waals surface area contributed by atoms with Crippen molar-refractivity contribution in [2.24, 2.45) is 23.0 Å². The van der Waals surface area contributed by atoms with E-state index >= 15 is 0 Å². The molecule has 5 heteroatoms. The Balaban J connectivity index is 2.07. The minimum atomic E-state index is -0.387. The maximum Gasteiger partial charge on any atom is 0.239 e. The van der Waals surface area contributed by atoms with Gasteiger partial charge in [0.15, 0.2) is 0 Å². The maximum absolute atomic E-state index is 12.8. The molecule has 0 saturated carbocycles. The zero-order chi connectivity index (χ0) is 23.2. The van der Waals surface area contributed by atoms with Gasteiger partial charge in [-0.3, -0.25) is 4.79 Å². The lowest BCUT2D eigenvalue weighted by Crippen LogP contribution is -2.45. The van der Waals surface area contributed by atoms with E-state index in [0.29, 0.717) is 24.5 Å². The molecule has 0 spiro atoms. The van der Waals surface area contributed by atoms with Crippen LogP contribution in [0, 0.1) is 17.3 Å². The highest BCUT2D eigenvalue weighted by atomic mass is 16.5. The second-order valence-electron chi connectivity index (χ2n) is 11.2. The van der Waals surface area contributed by atoms with Gasteiger partial charge in [-0.2, -0.15) is 0 Å². The number of nitrogens with zero attached hydrogens (tertiary/aromatic N) is 2. The Bertz CT molecular complexity index is 679. The molecule has 1 heterocycles. The Labute approximate surface area is 190 Å². The number of anilines is 1. The minimum absolute atomic E-state index is 0.103. The van der Waals surface area contributed by atoms with Gasteiger partial charge in [0, 0.05) is 31.4 Å². The van der Waals surface area contributed by atoms with E-state index in [1.54, 1.807) is 0 Å². The van der Waals surface area contributed by atoms with Crippen molar-refractivity contribution in [3.8, 4) is 5.75 Å². The summed E-state index contributed by atoms with van der Waals surface area (Å²) in [6, 6.07) is 8.40. The average Bonchev–Trinajstić information content (AvgIpc) is 3.15. The number of ether oxygens (including phenoxy) is 1. The van der Waals surface area contributed by atoms with Gasteiger partial charge in [0.2, 0.25) is 5.91 Å². The van der Waals surface area contributed by atoms with E-state index in [1.165, 1.54) is 5.69 Å². The van der Waals surface area contributed by atoms with Crippen LogP contribution in [0.2, 0.25) is 0 Å². The number of nitrogens with two attached hydrogens (primary N) is 1. The van der Waals surface area contributed by atoms with Gasteiger partial charge in [-0.25, -0.2) is 0 Å². The van der Waals surface area contributed by atoms with Crippen molar-refractivity contribution in [2.75, 3.05) is 31.1 Å². The molecule has 0 aromatic heterocycles. The zero-order valence-electron chi connectivity index (χ0n) is 20.9. The first-order valence-electron chi connectivity index (χ1n) is 12.0. The predicted molar refractivity (Wildman–Crippen MR) is 131 cm³/mol. The molecule has 1 aliphatic heterocycles. The maximum atomic E-state index is 12.8. The van der Waals surface area contributed by atoms with Crippen LogP contribution in [0.3, 0.4) is 0 Å². The third-order valence-corrected chi connectivity index (χ3v) is 5.75. The van der Waals surface area contributed by atoms with Gasteiger partial charge in [-0.05, 0) is 60.8 Å². The van der Waals surface area contributed by atoms with Crippen molar-refractivity contribution in [1.82, 2.24) is 4.90 Å². The van der Waals surface area contributed by atoms with Crippen LogP contribution in [-0.4, -0.2) is 49.1 Å². The lowest BCUT2D eigenvalue weighted by atomic mass is 9.99. The first kappa shape index (κ1) is 25.5. The SMILES string of the molecule is CC(C)CCN(c1ccc(OCC(C)(C)C)cc1)[C@H]1CCN(C(=O)C(N)CC(C)C)C1. The fraction of sp³-hybridized carbons (Fsp3) is 0.731. The van der Waals surface area contributed by atoms with Crippen molar-refractivity contribution in [3.63, 3.8) is 0 Å². The average molecular weight is 432 g/mol. The molecule has 1 aromatic rings. The molecule has 1 amide bonds. The normalized spacial score (nSPS) is 18.0. The first-order chi connectivity index (χ1) is 14.5. The summed E-state index contributed by atoms with van der Waals surface area (Å²) in [4.78, 5) is 17.3. The molecule has 2 N–H and O–H groups in total.